The average Bonchev–Trinajstić information content (AvgIpc) is 3.06. The van der Waals surface area contributed by atoms with Crippen molar-refractivity contribution >= 4 is 5.97 Å². The standard InChI is InChI=1S/C18H23N3O3/c1-2-23-17(22)14-21-10-8-20(9-11-21)13-16-12-19-24-18(16)15-6-4-3-5-7-15/h3-7,12H,2,8-11,13-14H2,1H3. The first-order valence-electron chi connectivity index (χ1n) is 8.35. The van der Waals surface area contributed by atoms with E-state index in [1.54, 1.807) is 6.20 Å². The third-order valence-electron chi connectivity index (χ3n) is 4.20. The summed E-state index contributed by atoms with van der Waals surface area (Å²) in [7, 11) is 0. The van der Waals surface area contributed by atoms with Crippen molar-refractivity contribution < 1.29 is 14.1 Å². The molecule has 3 rings (SSSR count). The Morgan fingerprint density at radius 3 is 2.58 bits per heavy atom. The van der Waals surface area contributed by atoms with Crippen LogP contribution in [-0.4, -0.2) is 60.3 Å². The first-order chi connectivity index (χ1) is 11.8. The molecule has 2 aromatic rings. The van der Waals surface area contributed by atoms with Gasteiger partial charge in [-0.15, -0.1) is 0 Å². The Morgan fingerprint density at radius 1 is 1.17 bits per heavy atom. The van der Waals surface area contributed by atoms with Crippen molar-refractivity contribution in [2.24, 2.45) is 0 Å². The largest absolute Gasteiger partial charge is 0.465 e. The molecule has 0 saturated carbocycles. The van der Waals surface area contributed by atoms with E-state index < -0.39 is 0 Å². The Balaban J connectivity index is 1.54. The van der Waals surface area contributed by atoms with Crippen molar-refractivity contribution in [1.82, 2.24) is 15.0 Å². The van der Waals surface area contributed by atoms with Gasteiger partial charge in [-0.1, -0.05) is 35.5 Å². The Hall–Kier alpha value is -2.18. The van der Waals surface area contributed by atoms with Crippen LogP contribution < -0.4 is 0 Å². The van der Waals surface area contributed by atoms with Crippen LogP contribution in [0.3, 0.4) is 0 Å². The lowest BCUT2D eigenvalue weighted by Crippen LogP contribution is -2.47. The predicted molar refractivity (Wildman–Crippen MR) is 90.3 cm³/mol. The Bertz CT molecular complexity index is 649. The molecule has 1 aliphatic rings. The number of hydrogen-bond donors (Lipinski definition) is 0. The van der Waals surface area contributed by atoms with Crippen LogP contribution in [0.2, 0.25) is 0 Å². The molecule has 0 amide bonds. The monoisotopic (exact) mass is 329 g/mol. The van der Waals surface area contributed by atoms with Crippen molar-refractivity contribution in [3.63, 3.8) is 0 Å². The molecule has 6 heteroatoms. The second-order valence-corrected chi connectivity index (χ2v) is 5.90. The quantitative estimate of drug-likeness (QED) is 0.756. The van der Waals surface area contributed by atoms with E-state index >= 15 is 0 Å². The fourth-order valence-electron chi connectivity index (χ4n) is 2.94. The second kappa shape index (κ2) is 8.08. The van der Waals surface area contributed by atoms with Gasteiger partial charge in [-0.05, 0) is 6.92 Å². The van der Waals surface area contributed by atoms with Crippen molar-refractivity contribution in [2.45, 2.75) is 13.5 Å². The van der Waals surface area contributed by atoms with Gasteiger partial charge < -0.3 is 9.26 Å². The minimum Gasteiger partial charge on any atom is -0.465 e. The van der Waals surface area contributed by atoms with Crippen LogP contribution in [0, 0.1) is 0 Å². The van der Waals surface area contributed by atoms with Gasteiger partial charge in [0.1, 0.15) is 0 Å². The molecule has 0 atom stereocenters. The molecule has 1 fully saturated rings. The zero-order valence-electron chi connectivity index (χ0n) is 14.0. The summed E-state index contributed by atoms with van der Waals surface area (Å²) < 4.78 is 10.5. The molecule has 0 radical (unpaired) electrons. The van der Waals surface area contributed by atoms with Crippen LogP contribution in [0.15, 0.2) is 41.1 Å². The topological polar surface area (TPSA) is 58.8 Å². The molecule has 0 bridgehead atoms. The van der Waals surface area contributed by atoms with E-state index in [0.29, 0.717) is 13.2 Å². The number of ether oxygens (including phenoxy) is 1. The number of carbonyl (C=O) groups is 1. The zero-order valence-corrected chi connectivity index (χ0v) is 14.0. The summed E-state index contributed by atoms with van der Waals surface area (Å²) in [6.45, 7) is 7.02. The van der Waals surface area contributed by atoms with Gasteiger partial charge >= 0.3 is 5.97 Å². The van der Waals surface area contributed by atoms with Gasteiger partial charge in [0.15, 0.2) is 5.76 Å². The number of piperazine rings is 1. The van der Waals surface area contributed by atoms with E-state index in [9.17, 15) is 4.79 Å². The fraction of sp³-hybridized carbons (Fsp3) is 0.444. The van der Waals surface area contributed by atoms with Gasteiger partial charge in [-0.3, -0.25) is 14.6 Å². The van der Waals surface area contributed by atoms with Crippen LogP contribution >= 0.6 is 0 Å². The summed E-state index contributed by atoms with van der Waals surface area (Å²) in [6.07, 6.45) is 1.80. The van der Waals surface area contributed by atoms with E-state index in [0.717, 1.165) is 49.6 Å². The normalized spacial score (nSPS) is 16.2. The summed E-state index contributed by atoms with van der Waals surface area (Å²) in [5, 5.41) is 3.97. The molecule has 1 aromatic carbocycles. The van der Waals surface area contributed by atoms with Crippen LogP contribution in [0.4, 0.5) is 0 Å². The Kier molecular flexibility index (Phi) is 5.61. The van der Waals surface area contributed by atoms with E-state index in [4.69, 9.17) is 9.26 Å². The van der Waals surface area contributed by atoms with Crippen molar-refractivity contribution in [3.8, 4) is 11.3 Å². The number of esters is 1. The molecule has 24 heavy (non-hydrogen) atoms. The summed E-state index contributed by atoms with van der Waals surface area (Å²) in [5.74, 6) is 0.695. The molecule has 128 valence electrons. The highest BCUT2D eigenvalue weighted by atomic mass is 16.5. The first kappa shape index (κ1) is 16.7. The van der Waals surface area contributed by atoms with Crippen LogP contribution in [0.5, 0.6) is 0 Å². The molecular formula is C18H23N3O3. The second-order valence-electron chi connectivity index (χ2n) is 5.90. The first-order valence-corrected chi connectivity index (χ1v) is 8.35. The third-order valence-corrected chi connectivity index (χ3v) is 4.20. The van der Waals surface area contributed by atoms with E-state index in [1.807, 2.05) is 37.3 Å². The lowest BCUT2D eigenvalue weighted by Gasteiger charge is -2.33. The predicted octanol–water partition coefficient (Wildman–Crippen LogP) is 2.02. The highest BCUT2D eigenvalue weighted by Crippen LogP contribution is 2.24. The van der Waals surface area contributed by atoms with E-state index in [1.165, 1.54) is 0 Å². The van der Waals surface area contributed by atoms with Gasteiger partial charge in [0.2, 0.25) is 0 Å². The molecule has 1 aliphatic heterocycles. The van der Waals surface area contributed by atoms with Crippen molar-refractivity contribution in [3.05, 3.63) is 42.1 Å². The van der Waals surface area contributed by atoms with Gasteiger partial charge in [0.05, 0.1) is 19.3 Å². The number of carbonyl (C=O) groups excluding carboxylic acids is 1. The number of hydrogen-bond acceptors (Lipinski definition) is 6. The van der Waals surface area contributed by atoms with Gasteiger partial charge in [-0.25, -0.2) is 0 Å². The molecule has 0 spiro atoms. The SMILES string of the molecule is CCOC(=O)CN1CCN(Cc2cnoc2-c2ccccc2)CC1. The minimum absolute atomic E-state index is 0.142. The summed E-state index contributed by atoms with van der Waals surface area (Å²) in [6, 6.07) is 10.0. The number of aromatic nitrogens is 1. The average molecular weight is 329 g/mol. The Labute approximate surface area is 142 Å². The molecular weight excluding hydrogens is 306 g/mol. The lowest BCUT2D eigenvalue weighted by atomic mass is 10.1. The summed E-state index contributed by atoms with van der Waals surface area (Å²) in [4.78, 5) is 16.1. The highest BCUT2D eigenvalue weighted by Gasteiger charge is 2.21. The summed E-state index contributed by atoms with van der Waals surface area (Å²) in [5.41, 5.74) is 2.14. The molecule has 1 aromatic heterocycles. The fourth-order valence-corrected chi connectivity index (χ4v) is 2.94. The zero-order chi connectivity index (χ0) is 16.8. The minimum atomic E-state index is -0.142. The van der Waals surface area contributed by atoms with E-state index in [-0.39, 0.29) is 5.97 Å². The summed E-state index contributed by atoms with van der Waals surface area (Å²) >= 11 is 0. The van der Waals surface area contributed by atoms with Gasteiger partial charge in [-0.2, -0.15) is 0 Å². The van der Waals surface area contributed by atoms with Crippen molar-refractivity contribution in [1.29, 1.82) is 0 Å². The van der Waals surface area contributed by atoms with Crippen LogP contribution in [0.25, 0.3) is 11.3 Å². The van der Waals surface area contributed by atoms with Crippen molar-refractivity contribution in [2.75, 3.05) is 39.3 Å². The molecule has 6 nitrogen and oxygen atoms in total. The maximum Gasteiger partial charge on any atom is 0.320 e. The molecule has 0 N–H and O–H groups in total. The maximum atomic E-state index is 11.6. The Morgan fingerprint density at radius 2 is 1.88 bits per heavy atom. The maximum absolute atomic E-state index is 11.6. The van der Waals surface area contributed by atoms with Crippen LogP contribution in [-0.2, 0) is 16.1 Å². The number of benzene rings is 1. The molecule has 1 saturated heterocycles. The van der Waals surface area contributed by atoms with Gasteiger partial charge in [0.25, 0.3) is 0 Å². The third kappa shape index (κ3) is 4.21. The van der Waals surface area contributed by atoms with E-state index in [2.05, 4.69) is 15.0 Å². The molecule has 2 heterocycles. The molecule has 0 unspecified atom stereocenters. The lowest BCUT2D eigenvalue weighted by molar-refractivity contribution is -0.144. The van der Waals surface area contributed by atoms with Crippen LogP contribution in [0.1, 0.15) is 12.5 Å². The highest BCUT2D eigenvalue weighted by molar-refractivity contribution is 5.71. The molecule has 0 aliphatic carbocycles. The number of rotatable bonds is 6. The smallest absolute Gasteiger partial charge is 0.320 e. The van der Waals surface area contributed by atoms with Gasteiger partial charge in [0, 0.05) is 43.9 Å². The number of nitrogens with zero attached hydrogens (tertiary/aromatic N) is 3.